The van der Waals surface area contributed by atoms with Crippen molar-refractivity contribution in [3.05, 3.63) is 66.2 Å². The number of thioether (sulfide) groups is 1. The normalized spacial score (nSPS) is 11.9. The summed E-state index contributed by atoms with van der Waals surface area (Å²) in [7, 11) is 0. The first-order valence-corrected chi connectivity index (χ1v) is 10.8. The first kappa shape index (κ1) is 22.0. The minimum atomic E-state index is -0.449. The number of benzene rings is 2. The van der Waals surface area contributed by atoms with Crippen LogP contribution >= 0.6 is 11.8 Å². The first-order chi connectivity index (χ1) is 13.5. The maximum absolute atomic E-state index is 13.1. The third kappa shape index (κ3) is 7.04. The predicted molar refractivity (Wildman–Crippen MR) is 116 cm³/mol. The van der Waals surface area contributed by atoms with Gasteiger partial charge in [0, 0.05) is 17.5 Å². The average molecular weight is 399 g/mol. The summed E-state index contributed by atoms with van der Waals surface area (Å²) in [6.45, 7) is 6.36. The standard InChI is InChI=1S/C23H30N2O2S/c1-4-21(23(27)24-18(2)3)25(16-15-19-11-7-5-8-12-19)22(26)17-28-20-13-9-6-10-14-20/h5-14,18,21H,4,15-17H2,1-3H3,(H,24,27)/t21-/m1/s1. The number of carbonyl (C=O) groups excluding carboxylic acids is 2. The largest absolute Gasteiger partial charge is 0.352 e. The highest BCUT2D eigenvalue weighted by molar-refractivity contribution is 8.00. The van der Waals surface area contributed by atoms with Crippen molar-refractivity contribution >= 4 is 23.6 Å². The molecule has 0 bridgehead atoms. The molecule has 5 heteroatoms. The summed E-state index contributed by atoms with van der Waals surface area (Å²) in [4.78, 5) is 28.6. The lowest BCUT2D eigenvalue weighted by molar-refractivity contribution is -0.139. The highest BCUT2D eigenvalue weighted by atomic mass is 32.2. The number of hydrogen-bond acceptors (Lipinski definition) is 3. The third-order valence-electron chi connectivity index (χ3n) is 4.41. The van der Waals surface area contributed by atoms with Crippen molar-refractivity contribution in [1.29, 1.82) is 0 Å². The van der Waals surface area contributed by atoms with Crippen molar-refractivity contribution < 1.29 is 9.59 Å². The van der Waals surface area contributed by atoms with E-state index in [0.717, 1.165) is 16.9 Å². The van der Waals surface area contributed by atoms with Crippen LogP contribution in [0, 0.1) is 0 Å². The summed E-state index contributed by atoms with van der Waals surface area (Å²) in [6, 6.07) is 19.6. The molecule has 0 aliphatic heterocycles. The number of amides is 2. The molecule has 0 unspecified atom stereocenters. The Labute approximate surface area is 172 Å². The highest BCUT2D eigenvalue weighted by Gasteiger charge is 2.28. The number of hydrogen-bond donors (Lipinski definition) is 1. The second-order valence-electron chi connectivity index (χ2n) is 7.01. The molecular weight excluding hydrogens is 368 g/mol. The lowest BCUT2D eigenvalue weighted by Crippen LogP contribution is -2.51. The fourth-order valence-corrected chi connectivity index (χ4v) is 3.83. The van der Waals surface area contributed by atoms with Gasteiger partial charge in [-0.15, -0.1) is 11.8 Å². The quantitative estimate of drug-likeness (QED) is 0.612. The molecule has 150 valence electrons. The van der Waals surface area contributed by atoms with E-state index in [1.807, 2.05) is 69.3 Å². The van der Waals surface area contributed by atoms with Crippen LogP contribution in [0.1, 0.15) is 32.8 Å². The smallest absolute Gasteiger partial charge is 0.242 e. The summed E-state index contributed by atoms with van der Waals surface area (Å²) in [6.07, 6.45) is 1.32. The third-order valence-corrected chi connectivity index (χ3v) is 5.40. The molecule has 0 fully saturated rings. The fourth-order valence-electron chi connectivity index (χ4n) is 3.02. The SMILES string of the molecule is CC[C@H](C(=O)NC(C)C)N(CCc1ccccc1)C(=O)CSc1ccccc1. The molecule has 2 rings (SSSR count). The van der Waals surface area contributed by atoms with Gasteiger partial charge in [0.15, 0.2) is 0 Å². The maximum Gasteiger partial charge on any atom is 0.242 e. The Morgan fingerprint density at radius 2 is 1.61 bits per heavy atom. The molecule has 2 aromatic carbocycles. The molecule has 0 aliphatic rings. The molecule has 4 nitrogen and oxygen atoms in total. The number of nitrogens with zero attached hydrogens (tertiary/aromatic N) is 1. The molecule has 0 aliphatic carbocycles. The second kappa shape index (κ2) is 11.5. The summed E-state index contributed by atoms with van der Waals surface area (Å²) >= 11 is 1.51. The van der Waals surface area contributed by atoms with Crippen molar-refractivity contribution in [2.24, 2.45) is 0 Å². The minimum absolute atomic E-state index is 0.00413. The monoisotopic (exact) mass is 398 g/mol. The van der Waals surface area contributed by atoms with Crippen LogP contribution in [0.15, 0.2) is 65.6 Å². The molecule has 0 aromatic heterocycles. The molecule has 0 radical (unpaired) electrons. The Morgan fingerprint density at radius 3 is 2.18 bits per heavy atom. The molecule has 0 heterocycles. The van der Waals surface area contributed by atoms with Crippen molar-refractivity contribution in [2.75, 3.05) is 12.3 Å². The summed E-state index contributed by atoms with van der Waals surface area (Å²) in [5.74, 6) is 0.240. The Hall–Kier alpha value is -2.27. The van der Waals surface area contributed by atoms with Crippen LogP contribution in [0.25, 0.3) is 0 Å². The van der Waals surface area contributed by atoms with E-state index in [1.54, 1.807) is 4.90 Å². The molecule has 2 amide bonds. The van der Waals surface area contributed by atoms with Gasteiger partial charge in [-0.25, -0.2) is 0 Å². The molecule has 2 aromatic rings. The van der Waals surface area contributed by atoms with Gasteiger partial charge in [-0.05, 0) is 44.4 Å². The van der Waals surface area contributed by atoms with Crippen molar-refractivity contribution in [1.82, 2.24) is 10.2 Å². The molecule has 0 spiro atoms. The number of rotatable bonds is 10. The summed E-state index contributed by atoms with van der Waals surface area (Å²) in [5.41, 5.74) is 1.16. The van der Waals surface area contributed by atoms with Gasteiger partial charge in [-0.2, -0.15) is 0 Å². The molecule has 0 saturated carbocycles. The van der Waals surface area contributed by atoms with Gasteiger partial charge in [0.25, 0.3) is 0 Å². The first-order valence-electron chi connectivity index (χ1n) is 9.82. The van der Waals surface area contributed by atoms with Gasteiger partial charge in [0.2, 0.25) is 11.8 Å². The minimum Gasteiger partial charge on any atom is -0.352 e. The van der Waals surface area contributed by atoms with Gasteiger partial charge in [0.05, 0.1) is 5.75 Å². The van der Waals surface area contributed by atoms with Crippen LogP contribution in [0.4, 0.5) is 0 Å². The topological polar surface area (TPSA) is 49.4 Å². The van der Waals surface area contributed by atoms with Gasteiger partial charge in [0.1, 0.15) is 6.04 Å². The average Bonchev–Trinajstić information content (AvgIpc) is 2.70. The van der Waals surface area contributed by atoms with E-state index in [-0.39, 0.29) is 17.9 Å². The van der Waals surface area contributed by atoms with Crippen LogP contribution in [0.5, 0.6) is 0 Å². The van der Waals surface area contributed by atoms with E-state index in [0.29, 0.717) is 18.7 Å². The van der Waals surface area contributed by atoms with Crippen LogP contribution in [0.3, 0.4) is 0 Å². The Morgan fingerprint density at radius 1 is 1.00 bits per heavy atom. The number of nitrogens with one attached hydrogen (secondary N) is 1. The summed E-state index contributed by atoms with van der Waals surface area (Å²) < 4.78 is 0. The lowest BCUT2D eigenvalue weighted by atomic mass is 10.1. The van der Waals surface area contributed by atoms with Gasteiger partial charge in [-0.1, -0.05) is 55.5 Å². The van der Waals surface area contributed by atoms with Gasteiger partial charge < -0.3 is 10.2 Å². The second-order valence-corrected chi connectivity index (χ2v) is 8.06. The van der Waals surface area contributed by atoms with E-state index in [2.05, 4.69) is 17.4 Å². The van der Waals surface area contributed by atoms with Crippen LogP contribution in [-0.4, -0.2) is 41.1 Å². The lowest BCUT2D eigenvalue weighted by Gasteiger charge is -2.31. The Kier molecular flexibility index (Phi) is 9.08. The van der Waals surface area contributed by atoms with Crippen molar-refractivity contribution in [3.63, 3.8) is 0 Å². The van der Waals surface area contributed by atoms with Gasteiger partial charge in [-0.3, -0.25) is 9.59 Å². The zero-order valence-corrected chi connectivity index (χ0v) is 17.7. The summed E-state index contributed by atoms with van der Waals surface area (Å²) in [5, 5.41) is 2.96. The van der Waals surface area contributed by atoms with Crippen LogP contribution in [-0.2, 0) is 16.0 Å². The zero-order valence-electron chi connectivity index (χ0n) is 16.9. The molecule has 0 saturated heterocycles. The van der Waals surface area contributed by atoms with E-state index < -0.39 is 6.04 Å². The molecule has 28 heavy (non-hydrogen) atoms. The Balaban J connectivity index is 2.10. The van der Waals surface area contributed by atoms with Crippen LogP contribution in [0.2, 0.25) is 0 Å². The van der Waals surface area contributed by atoms with E-state index >= 15 is 0 Å². The van der Waals surface area contributed by atoms with E-state index in [4.69, 9.17) is 0 Å². The number of carbonyl (C=O) groups is 2. The van der Waals surface area contributed by atoms with E-state index in [1.165, 1.54) is 11.8 Å². The molecular formula is C23H30N2O2S. The predicted octanol–water partition coefficient (Wildman–Crippen LogP) is 4.15. The van der Waals surface area contributed by atoms with Gasteiger partial charge >= 0.3 is 0 Å². The molecule has 1 atom stereocenters. The van der Waals surface area contributed by atoms with E-state index in [9.17, 15) is 9.59 Å². The maximum atomic E-state index is 13.1. The zero-order chi connectivity index (χ0) is 20.4. The van der Waals surface area contributed by atoms with Crippen molar-refractivity contribution in [3.8, 4) is 0 Å². The van der Waals surface area contributed by atoms with Crippen LogP contribution < -0.4 is 5.32 Å². The Bertz CT molecular complexity index is 735. The molecule has 1 N–H and O–H groups in total. The highest BCUT2D eigenvalue weighted by Crippen LogP contribution is 2.19. The van der Waals surface area contributed by atoms with Crippen molar-refractivity contribution in [2.45, 2.75) is 50.6 Å². The fraction of sp³-hybridized carbons (Fsp3) is 0.391.